The second-order valence-electron chi connectivity index (χ2n) is 2.87. The van der Waals surface area contributed by atoms with Crippen molar-refractivity contribution in [3.8, 4) is 0 Å². The molecule has 0 unspecified atom stereocenters. The summed E-state index contributed by atoms with van der Waals surface area (Å²) in [5.41, 5.74) is 0. The van der Waals surface area contributed by atoms with E-state index in [9.17, 15) is 0 Å². The zero-order valence-corrected chi connectivity index (χ0v) is 12.1. The first-order valence-electron chi connectivity index (χ1n) is 5.40. The largest absolute Gasteiger partial charge is 3.00 e. The molecule has 2 aromatic rings. The van der Waals surface area contributed by atoms with Crippen LogP contribution in [0.5, 0.6) is 0 Å². The van der Waals surface area contributed by atoms with Crippen LogP contribution in [-0.2, 0) is 21.7 Å². The molecule has 0 nitrogen and oxygen atoms in total. The molecule has 0 saturated heterocycles. The van der Waals surface area contributed by atoms with Crippen LogP contribution in [0.15, 0.2) is 78.9 Å². The molecular formula is C17H17Ti. The van der Waals surface area contributed by atoms with Gasteiger partial charge in [0.25, 0.3) is 0 Å². The Hall–Kier alpha value is -1.37. The average Bonchev–Trinajstić information content (AvgIpc) is 2.45. The summed E-state index contributed by atoms with van der Waals surface area (Å²) in [4.78, 5) is 0. The summed E-state index contributed by atoms with van der Waals surface area (Å²) >= 11 is 0. The van der Waals surface area contributed by atoms with Crippen LogP contribution < -0.4 is 0 Å². The standard InChI is InChI=1S/2C6H5.C5H7.Ti/c2*1-2-4-6-5-3-1;1-3-5-4-2;/h2*1-5H;1,3-5H,2H3;/q3*-1;+3. The van der Waals surface area contributed by atoms with Gasteiger partial charge >= 0.3 is 21.7 Å². The van der Waals surface area contributed by atoms with Crippen LogP contribution in [0.4, 0.5) is 0 Å². The summed E-state index contributed by atoms with van der Waals surface area (Å²) in [6.45, 7) is 6.85. The van der Waals surface area contributed by atoms with Crippen LogP contribution >= 0.6 is 0 Å². The summed E-state index contributed by atoms with van der Waals surface area (Å²) in [7, 11) is 0. The quantitative estimate of drug-likeness (QED) is 0.405. The van der Waals surface area contributed by atoms with E-state index in [0.717, 1.165) is 0 Å². The van der Waals surface area contributed by atoms with Gasteiger partial charge in [-0.3, -0.25) is 6.58 Å². The van der Waals surface area contributed by atoms with Gasteiger partial charge in [0.15, 0.2) is 0 Å². The van der Waals surface area contributed by atoms with Crippen molar-refractivity contribution < 1.29 is 21.7 Å². The molecule has 0 saturated carbocycles. The molecule has 0 aromatic heterocycles. The van der Waals surface area contributed by atoms with Crippen LogP contribution in [0.3, 0.4) is 0 Å². The van der Waals surface area contributed by atoms with E-state index in [1.807, 2.05) is 73.7 Å². The molecule has 0 fully saturated rings. The SMILES string of the molecule is [CH-]=CC=CC.[Ti+3].[c-]1ccccc1.[c-]1ccccc1. The van der Waals surface area contributed by atoms with Crippen molar-refractivity contribution in [2.24, 2.45) is 0 Å². The van der Waals surface area contributed by atoms with Gasteiger partial charge in [-0.1, -0.05) is 6.92 Å². The van der Waals surface area contributed by atoms with Crippen molar-refractivity contribution in [3.63, 3.8) is 0 Å². The van der Waals surface area contributed by atoms with Gasteiger partial charge in [-0.15, -0.1) is 0 Å². The van der Waals surface area contributed by atoms with E-state index in [2.05, 4.69) is 12.1 Å². The number of hydrogen-bond donors (Lipinski definition) is 0. The van der Waals surface area contributed by atoms with E-state index in [1.54, 1.807) is 6.08 Å². The molecular weight excluding hydrogens is 252 g/mol. The van der Waals surface area contributed by atoms with E-state index >= 15 is 0 Å². The first kappa shape index (κ1) is 19.0. The number of benzene rings is 2. The molecule has 89 valence electrons. The van der Waals surface area contributed by atoms with Crippen molar-refractivity contribution in [1.29, 1.82) is 0 Å². The predicted octanol–water partition coefficient (Wildman–Crippen LogP) is 4.52. The van der Waals surface area contributed by atoms with E-state index in [-0.39, 0.29) is 21.7 Å². The molecule has 0 heterocycles. The summed E-state index contributed by atoms with van der Waals surface area (Å²) in [5.74, 6) is 0. The minimum atomic E-state index is 0. The second-order valence-corrected chi connectivity index (χ2v) is 2.87. The Morgan fingerprint density at radius 3 is 1.22 bits per heavy atom. The van der Waals surface area contributed by atoms with E-state index in [1.165, 1.54) is 6.08 Å². The maximum atomic E-state index is 4.93. The molecule has 2 aromatic carbocycles. The number of hydrogen-bond acceptors (Lipinski definition) is 0. The predicted molar refractivity (Wildman–Crippen MR) is 74.2 cm³/mol. The molecule has 0 bridgehead atoms. The molecule has 0 aliphatic rings. The first-order chi connectivity index (χ1) is 8.41. The fraction of sp³-hybridized carbons (Fsp3) is 0.0588. The third kappa shape index (κ3) is 17.0. The summed E-state index contributed by atoms with van der Waals surface area (Å²) in [6.07, 6.45) is 5.15. The molecule has 2 rings (SSSR count). The summed E-state index contributed by atoms with van der Waals surface area (Å²) < 4.78 is 0. The van der Waals surface area contributed by atoms with Crippen LogP contribution in [0.1, 0.15) is 6.92 Å². The van der Waals surface area contributed by atoms with Crippen LogP contribution in [0, 0.1) is 18.7 Å². The van der Waals surface area contributed by atoms with Gasteiger partial charge in [0.05, 0.1) is 0 Å². The molecule has 1 radical (unpaired) electrons. The van der Waals surface area contributed by atoms with Crippen molar-refractivity contribution in [2.75, 3.05) is 0 Å². The number of allylic oxidation sites excluding steroid dienone is 3. The molecule has 0 spiro atoms. The minimum Gasteiger partial charge on any atom is -0.293 e. The van der Waals surface area contributed by atoms with Crippen molar-refractivity contribution in [1.82, 2.24) is 0 Å². The molecule has 0 N–H and O–H groups in total. The summed E-state index contributed by atoms with van der Waals surface area (Å²) in [5, 5.41) is 0. The van der Waals surface area contributed by atoms with Crippen LogP contribution in [0.2, 0.25) is 0 Å². The van der Waals surface area contributed by atoms with Gasteiger partial charge in [0, 0.05) is 0 Å². The topological polar surface area (TPSA) is 0 Å². The summed E-state index contributed by atoms with van der Waals surface area (Å²) in [6, 6.07) is 25.0. The molecule has 1 heteroatoms. The van der Waals surface area contributed by atoms with Crippen molar-refractivity contribution >= 4 is 0 Å². The third-order valence-electron chi connectivity index (χ3n) is 1.52. The number of rotatable bonds is 1. The van der Waals surface area contributed by atoms with Crippen molar-refractivity contribution in [2.45, 2.75) is 6.92 Å². The average molecular weight is 269 g/mol. The Morgan fingerprint density at radius 1 is 0.778 bits per heavy atom. The Balaban J connectivity index is 0. The maximum absolute atomic E-state index is 4.93. The maximum Gasteiger partial charge on any atom is 3.00 e. The normalized spacial score (nSPS) is 7.83. The molecule has 0 aliphatic carbocycles. The van der Waals surface area contributed by atoms with Crippen LogP contribution in [0.25, 0.3) is 0 Å². The smallest absolute Gasteiger partial charge is 0.293 e. The zero-order chi connectivity index (χ0) is 12.6. The van der Waals surface area contributed by atoms with Gasteiger partial charge in [0.1, 0.15) is 0 Å². The second kappa shape index (κ2) is 18.0. The first-order valence-corrected chi connectivity index (χ1v) is 5.40. The fourth-order valence-electron chi connectivity index (χ4n) is 0.795. The molecule has 18 heavy (non-hydrogen) atoms. The third-order valence-corrected chi connectivity index (χ3v) is 1.52. The Kier molecular flexibility index (Phi) is 19.0. The fourth-order valence-corrected chi connectivity index (χ4v) is 0.795. The molecule has 0 amide bonds. The Labute approximate surface area is 126 Å². The zero-order valence-electron chi connectivity index (χ0n) is 10.6. The molecule has 0 aliphatic heterocycles. The van der Waals surface area contributed by atoms with Gasteiger partial charge in [-0.05, 0) is 0 Å². The monoisotopic (exact) mass is 269 g/mol. The van der Waals surface area contributed by atoms with Gasteiger partial charge in [-0.2, -0.15) is 78.9 Å². The molecule has 0 atom stereocenters. The Bertz CT molecular complexity index is 280. The van der Waals surface area contributed by atoms with Gasteiger partial charge < -0.3 is 0 Å². The van der Waals surface area contributed by atoms with Crippen molar-refractivity contribution in [3.05, 3.63) is 97.6 Å². The van der Waals surface area contributed by atoms with Gasteiger partial charge in [-0.25, -0.2) is 12.2 Å². The van der Waals surface area contributed by atoms with Gasteiger partial charge in [0.2, 0.25) is 0 Å². The minimum absolute atomic E-state index is 0. The van der Waals surface area contributed by atoms with Crippen LogP contribution in [-0.4, -0.2) is 0 Å². The Morgan fingerprint density at radius 2 is 1.17 bits per heavy atom. The van der Waals surface area contributed by atoms with E-state index < -0.39 is 0 Å². The van der Waals surface area contributed by atoms with E-state index in [4.69, 9.17) is 6.58 Å². The van der Waals surface area contributed by atoms with E-state index in [0.29, 0.717) is 0 Å².